The fourth-order valence-electron chi connectivity index (χ4n) is 1.88. The van der Waals surface area contributed by atoms with Gasteiger partial charge in [-0.2, -0.15) is 0 Å². The number of hydrogen-bond donors (Lipinski definition) is 1. The van der Waals surface area contributed by atoms with Crippen LogP contribution < -0.4 is 9.47 Å². The van der Waals surface area contributed by atoms with Crippen LogP contribution in [-0.4, -0.2) is 18.5 Å². The molecule has 0 aliphatic rings. The average Bonchev–Trinajstić information content (AvgIpc) is 2.54. The summed E-state index contributed by atoms with van der Waals surface area (Å²) in [6.07, 6.45) is 0. The Morgan fingerprint density at radius 1 is 0.905 bits per heavy atom. The third-order valence-corrected chi connectivity index (χ3v) is 2.90. The van der Waals surface area contributed by atoms with Crippen LogP contribution in [0.15, 0.2) is 48.5 Å². The molecule has 0 heterocycles. The van der Waals surface area contributed by atoms with Crippen molar-refractivity contribution in [2.75, 3.05) is 13.4 Å². The maximum atomic E-state index is 9.14. The molecular weight excluding hydrogens is 268 g/mol. The lowest BCUT2D eigenvalue weighted by Gasteiger charge is -2.13. The van der Waals surface area contributed by atoms with Crippen molar-refractivity contribution in [1.82, 2.24) is 0 Å². The molecule has 4 heteroatoms. The summed E-state index contributed by atoms with van der Waals surface area (Å²) in [4.78, 5) is 0. The Labute approximate surface area is 124 Å². The Bertz CT molecular complexity index is 540. The molecule has 2 aromatic rings. The highest BCUT2D eigenvalue weighted by Gasteiger charge is 2.06. The first-order valence-electron chi connectivity index (χ1n) is 6.94. The monoisotopic (exact) mass is 288 g/mol. The largest absolute Gasteiger partial charge is 0.490 e. The fourth-order valence-corrected chi connectivity index (χ4v) is 1.88. The van der Waals surface area contributed by atoms with E-state index < -0.39 is 0 Å². The van der Waals surface area contributed by atoms with Crippen LogP contribution in [0.4, 0.5) is 0 Å². The van der Waals surface area contributed by atoms with Crippen LogP contribution in [0.1, 0.15) is 18.1 Å². The molecule has 2 aromatic carbocycles. The molecule has 0 saturated carbocycles. The Hall–Kier alpha value is -2.04. The van der Waals surface area contributed by atoms with E-state index in [0.717, 1.165) is 11.1 Å². The van der Waals surface area contributed by atoms with Gasteiger partial charge in [0.05, 0.1) is 19.8 Å². The summed E-state index contributed by atoms with van der Waals surface area (Å²) in [5, 5.41) is 9.14. The van der Waals surface area contributed by atoms with Gasteiger partial charge in [0.1, 0.15) is 0 Å². The Balaban J connectivity index is 1.87. The van der Waals surface area contributed by atoms with Gasteiger partial charge < -0.3 is 19.3 Å². The number of aliphatic hydroxyl groups is 1. The Kier molecular flexibility index (Phi) is 6.06. The second kappa shape index (κ2) is 8.29. The number of ether oxygens (including phenoxy) is 3. The van der Waals surface area contributed by atoms with Crippen LogP contribution in [0.3, 0.4) is 0 Å². The number of benzene rings is 2. The first-order valence-corrected chi connectivity index (χ1v) is 6.94. The predicted molar refractivity (Wildman–Crippen MR) is 80.3 cm³/mol. The average molecular weight is 288 g/mol. The van der Waals surface area contributed by atoms with Gasteiger partial charge in [0.2, 0.25) is 0 Å². The summed E-state index contributed by atoms with van der Waals surface area (Å²) in [5.74, 6) is 1.23. The third-order valence-electron chi connectivity index (χ3n) is 2.90. The molecule has 0 fully saturated rings. The standard InChI is InChI=1S/C17H20O4/c1-2-20-17-10-15(11-18)8-9-16(17)21-13-19-12-14-6-4-3-5-7-14/h3-10,18H,2,11-13H2,1H3. The van der Waals surface area contributed by atoms with Crippen molar-refractivity contribution in [1.29, 1.82) is 0 Å². The SMILES string of the molecule is CCOc1cc(CO)ccc1OCOCc1ccccc1. The van der Waals surface area contributed by atoms with E-state index in [-0.39, 0.29) is 13.4 Å². The van der Waals surface area contributed by atoms with Gasteiger partial charge in [0.25, 0.3) is 0 Å². The summed E-state index contributed by atoms with van der Waals surface area (Å²) in [6, 6.07) is 15.3. The Morgan fingerprint density at radius 3 is 2.43 bits per heavy atom. The summed E-state index contributed by atoms with van der Waals surface area (Å²) in [5.41, 5.74) is 1.89. The lowest BCUT2D eigenvalue weighted by molar-refractivity contribution is 0.00348. The van der Waals surface area contributed by atoms with Gasteiger partial charge in [-0.15, -0.1) is 0 Å². The second-order valence-electron chi connectivity index (χ2n) is 4.47. The van der Waals surface area contributed by atoms with Crippen LogP contribution in [-0.2, 0) is 18.0 Å². The molecule has 0 aliphatic heterocycles. The molecule has 0 aliphatic carbocycles. The van der Waals surface area contributed by atoms with E-state index >= 15 is 0 Å². The number of rotatable bonds is 8. The van der Waals surface area contributed by atoms with Crippen molar-refractivity contribution < 1.29 is 19.3 Å². The normalized spacial score (nSPS) is 10.4. The molecule has 0 radical (unpaired) electrons. The summed E-state index contributed by atoms with van der Waals surface area (Å²) >= 11 is 0. The number of hydrogen-bond acceptors (Lipinski definition) is 4. The predicted octanol–water partition coefficient (Wildman–Crippen LogP) is 3.13. The smallest absolute Gasteiger partial charge is 0.189 e. The lowest BCUT2D eigenvalue weighted by atomic mass is 10.2. The van der Waals surface area contributed by atoms with E-state index in [2.05, 4.69) is 0 Å². The lowest BCUT2D eigenvalue weighted by Crippen LogP contribution is -2.05. The van der Waals surface area contributed by atoms with Crippen LogP contribution in [0.5, 0.6) is 11.5 Å². The van der Waals surface area contributed by atoms with Crippen molar-refractivity contribution >= 4 is 0 Å². The van der Waals surface area contributed by atoms with Crippen LogP contribution in [0.2, 0.25) is 0 Å². The molecule has 0 aromatic heterocycles. The van der Waals surface area contributed by atoms with Crippen molar-refractivity contribution in [3.63, 3.8) is 0 Å². The van der Waals surface area contributed by atoms with Crippen molar-refractivity contribution in [3.8, 4) is 11.5 Å². The van der Waals surface area contributed by atoms with Crippen LogP contribution in [0, 0.1) is 0 Å². The van der Waals surface area contributed by atoms with Gasteiger partial charge in [-0.05, 0) is 30.2 Å². The highest BCUT2D eigenvalue weighted by Crippen LogP contribution is 2.28. The van der Waals surface area contributed by atoms with Gasteiger partial charge in [0.15, 0.2) is 18.3 Å². The molecule has 112 valence electrons. The second-order valence-corrected chi connectivity index (χ2v) is 4.47. The molecule has 0 amide bonds. The molecule has 0 saturated heterocycles. The minimum atomic E-state index is -0.0230. The quantitative estimate of drug-likeness (QED) is 0.599. The van der Waals surface area contributed by atoms with E-state index in [0.29, 0.717) is 24.7 Å². The molecule has 0 spiro atoms. The summed E-state index contributed by atoms with van der Waals surface area (Å²) in [7, 11) is 0. The van der Waals surface area contributed by atoms with Crippen LogP contribution in [0.25, 0.3) is 0 Å². The first-order chi connectivity index (χ1) is 10.3. The summed E-state index contributed by atoms with van der Waals surface area (Å²) < 4.78 is 16.6. The minimum absolute atomic E-state index is 0.0230. The highest BCUT2D eigenvalue weighted by atomic mass is 16.7. The van der Waals surface area contributed by atoms with Gasteiger partial charge in [-0.25, -0.2) is 0 Å². The molecule has 0 atom stereocenters. The van der Waals surface area contributed by atoms with E-state index in [4.69, 9.17) is 19.3 Å². The maximum absolute atomic E-state index is 9.14. The van der Waals surface area contributed by atoms with Gasteiger partial charge in [-0.1, -0.05) is 36.4 Å². The highest BCUT2D eigenvalue weighted by molar-refractivity contribution is 5.42. The van der Waals surface area contributed by atoms with Crippen molar-refractivity contribution in [2.45, 2.75) is 20.1 Å². The van der Waals surface area contributed by atoms with E-state index in [1.807, 2.05) is 37.3 Å². The zero-order chi connectivity index (χ0) is 14.9. The maximum Gasteiger partial charge on any atom is 0.189 e. The third kappa shape index (κ3) is 4.77. The zero-order valence-electron chi connectivity index (χ0n) is 12.1. The van der Waals surface area contributed by atoms with Crippen LogP contribution >= 0.6 is 0 Å². The molecule has 0 bridgehead atoms. The molecule has 1 N–H and O–H groups in total. The van der Waals surface area contributed by atoms with Gasteiger partial charge >= 0.3 is 0 Å². The Morgan fingerprint density at radius 2 is 1.71 bits per heavy atom. The fraction of sp³-hybridized carbons (Fsp3) is 0.294. The van der Waals surface area contributed by atoms with Gasteiger partial charge in [-0.3, -0.25) is 0 Å². The molecule has 21 heavy (non-hydrogen) atoms. The molecule has 2 rings (SSSR count). The zero-order valence-corrected chi connectivity index (χ0v) is 12.1. The molecular formula is C17H20O4. The van der Waals surface area contributed by atoms with Crippen molar-refractivity contribution in [2.24, 2.45) is 0 Å². The first kappa shape index (κ1) is 15.4. The number of aliphatic hydroxyl groups excluding tert-OH is 1. The van der Waals surface area contributed by atoms with E-state index in [1.54, 1.807) is 18.2 Å². The van der Waals surface area contributed by atoms with Crippen molar-refractivity contribution in [3.05, 3.63) is 59.7 Å². The topological polar surface area (TPSA) is 47.9 Å². The summed E-state index contributed by atoms with van der Waals surface area (Å²) in [6.45, 7) is 3.06. The molecule has 0 unspecified atom stereocenters. The van der Waals surface area contributed by atoms with Gasteiger partial charge in [0, 0.05) is 0 Å². The minimum Gasteiger partial charge on any atom is -0.490 e. The molecule has 4 nitrogen and oxygen atoms in total. The van der Waals surface area contributed by atoms with E-state index in [1.165, 1.54) is 0 Å². The van der Waals surface area contributed by atoms with E-state index in [9.17, 15) is 0 Å².